The van der Waals surface area contributed by atoms with Crippen LogP contribution in [-0.4, -0.2) is 58.2 Å². The summed E-state index contributed by atoms with van der Waals surface area (Å²) in [6.07, 6.45) is 4.45. The summed E-state index contributed by atoms with van der Waals surface area (Å²) in [5.74, 6) is -0.429. The maximum absolute atomic E-state index is 13.3. The number of nitrogens with one attached hydrogen (secondary N) is 2. The number of halogens is 2. The standard InChI is InChI=1S/C23H26ClFN6O3/c1-16-3-5-18(6-4-16)34-12-11-30(2)21(33)15-31-14-17(13-28-31)29-20(32)8-10-26-19-7-9-27-23(25)22(19)24/h3-7,9,13-14H,8,10-12,15H2,1-2H3,(H,26,27)(H,29,32). The summed E-state index contributed by atoms with van der Waals surface area (Å²) < 4.78 is 20.4. The molecule has 1 aromatic carbocycles. The van der Waals surface area contributed by atoms with E-state index in [-0.39, 0.29) is 36.3 Å². The van der Waals surface area contributed by atoms with Crippen molar-refractivity contribution in [2.24, 2.45) is 0 Å². The van der Waals surface area contributed by atoms with E-state index in [0.29, 0.717) is 24.5 Å². The molecule has 2 N–H and O–H groups in total. The number of hydrogen-bond acceptors (Lipinski definition) is 6. The van der Waals surface area contributed by atoms with Gasteiger partial charge in [0.05, 0.1) is 24.1 Å². The average molecular weight is 489 g/mol. The minimum Gasteiger partial charge on any atom is -0.492 e. The van der Waals surface area contributed by atoms with Crippen LogP contribution in [0.5, 0.6) is 5.75 Å². The van der Waals surface area contributed by atoms with Gasteiger partial charge in [0.1, 0.15) is 23.9 Å². The zero-order chi connectivity index (χ0) is 24.5. The maximum atomic E-state index is 13.3. The number of amides is 2. The van der Waals surface area contributed by atoms with Crippen LogP contribution >= 0.6 is 11.6 Å². The molecule has 2 aromatic heterocycles. The van der Waals surface area contributed by atoms with Crippen LogP contribution in [0.25, 0.3) is 0 Å². The molecule has 0 saturated heterocycles. The van der Waals surface area contributed by atoms with Crippen molar-refractivity contribution < 1.29 is 18.7 Å². The second-order valence-corrected chi connectivity index (χ2v) is 7.97. The van der Waals surface area contributed by atoms with Crippen molar-refractivity contribution in [2.75, 3.05) is 37.4 Å². The van der Waals surface area contributed by atoms with Crippen molar-refractivity contribution in [1.29, 1.82) is 0 Å². The van der Waals surface area contributed by atoms with Crippen molar-refractivity contribution in [3.8, 4) is 5.75 Å². The van der Waals surface area contributed by atoms with Crippen LogP contribution in [0.15, 0.2) is 48.9 Å². The van der Waals surface area contributed by atoms with E-state index in [2.05, 4.69) is 20.7 Å². The van der Waals surface area contributed by atoms with Gasteiger partial charge in [0.2, 0.25) is 17.8 Å². The van der Waals surface area contributed by atoms with Crippen LogP contribution < -0.4 is 15.4 Å². The highest BCUT2D eigenvalue weighted by molar-refractivity contribution is 6.33. The Hall–Kier alpha value is -3.66. The first-order chi connectivity index (χ1) is 16.3. The van der Waals surface area contributed by atoms with Gasteiger partial charge in [-0.3, -0.25) is 14.3 Å². The Kier molecular flexibility index (Phi) is 8.80. The first kappa shape index (κ1) is 25.0. The molecule has 11 heteroatoms. The van der Waals surface area contributed by atoms with E-state index in [1.165, 1.54) is 23.1 Å². The molecule has 9 nitrogen and oxygen atoms in total. The minimum atomic E-state index is -0.775. The lowest BCUT2D eigenvalue weighted by Gasteiger charge is -2.17. The van der Waals surface area contributed by atoms with Gasteiger partial charge in [-0.05, 0) is 25.1 Å². The van der Waals surface area contributed by atoms with Crippen LogP contribution in [0.2, 0.25) is 5.02 Å². The largest absolute Gasteiger partial charge is 0.492 e. The first-order valence-corrected chi connectivity index (χ1v) is 11.0. The fraction of sp³-hybridized carbons (Fsp3) is 0.304. The minimum absolute atomic E-state index is 0.0323. The topological polar surface area (TPSA) is 101 Å². The second kappa shape index (κ2) is 12.0. The number of hydrogen-bond donors (Lipinski definition) is 2. The molecule has 0 fully saturated rings. The predicted molar refractivity (Wildman–Crippen MR) is 127 cm³/mol. The van der Waals surface area contributed by atoms with Crippen LogP contribution in [0.3, 0.4) is 0 Å². The van der Waals surface area contributed by atoms with Gasteiger partial charge in [0.15, 0.2) is 0 Å². The molecule has 0 atom stereocenters. The molecule has 34 heavy (non-hydrogen) atoms. The van der Waals surface area contributed by atoms with Crippen LogP contribution in [0, 0.1) is 12.9 Å². The highest BCUT2D eigenvalue weighted by Crippen LogP contribution is 2.22. The number of ether oxygens (including phenoxy) is 1. The van der Waals surface area contributed by atoms with E-state index in [1.54, 1.807) is 18.1 Å². The SMILES string of the molecule is Cc1ccc(OCCN(C)C(=O)Cn2cc(NC(=O)CCNc3ccnc(F)c3Cl)cn2)cc1. The number of pyridine rings is 1. The Morgan fingerprint density at radius 1 is 1.24 bits per heavy atom. The fourth-order valence-corrected chi connectivity index (χ4v) is 3.10. The number of carbonyl (C=O) groups is 2. The molecule has 3 aromatic rings. The lowest BCUT2D eigenvalue weighted by Crippen LogP contribution is -2.33. The molecular formula is C23H26ClFN6O3. The molecule has 2 amide bonds. The van der Waals surface area contributed by atoms with E-state index in [4.69, 9.17) is 16.3 Å². The molecule has 0 unspecified atom stereocenters. The molecule has 0 aliphatic heterocycles. The van der Waals surface area contributed by atoms with Gasteiger partial charge in [0, 0.05) is 32.4 Å². The Morgan fingerprint density at radius 3 is 2.76 bits per heavy atom. The monoisotopic (exact) mass is 488 g/mol. The number of anilines is 2. The van der Waals surface area contributed by atoms with E-state index in [0.717, 1.165) is 11.3 Å². The van der Waals surface area contributed by atoms with Crippen molar-refractivity contribution in [2.45, 2.75) is 19.9 Å². The lowest BCUT2D eigenvalue weighted by molar-refractivity contribution is -0.131. The Bertz CT molecular complexity index is 1120. The zero-order valence-electron chi connectivity index (χ0n) is 18.9. The summed E-state index contributed by atoms with van der Waals surface area (Å²) in [5.41, 5.74) is 1.98. The van der Waals surface area contributed by atoms with Gasteiger partial charge < -0.3 is 20.3 Å². The molecule has 0 aliphatic rings. The second-order valence-electron chi connectivity index (χ2n) is 7.59. The molecule has 0 spiro atoms. The summed E-state index contributed by atoms with van der Waals surface area (Å²) >= 11 is 5.82. The summed E-state index contributed by atoms with van der Waals surface area (Å²) in [6.45, 7) is 3.08. The fourth-order valence-electron chi connectivity index (χ4n) is 2.92. The number of aromatic nitrogens is 3. The molecule has 0 bridgehead atoms. The summed E-state index contributed by atoms with van der Waals surface area (Å²) in [6, 6.07) is 9.23. The number of nitrogens with zero attached hydrogens (tertiary/aromatic N) is 4. The maximum Gasteiger partial charge on any atom is 0.244 e. The zero-order valence-corrected chi connectivity index (χ0v) is 19.7. The molecule has 180 valence electrons. The summed E-state index contributed by atoms with van der Waals surface area (Å²) in [4.78, 5) is 29.6. The van der Waals surface area contributed by atoms with Gasteiger partial charge in [-0.25, -0.2) is 4.98 Å². The third-order valence-electron chi connectivity index (χ3n) is 4.87. The predicted octanol–water partition coefficient (Wildman–Crippen LogP) is 3.36. The third-order valence-corrected chi connectivity index (χ3v) is 5.23. The molecule has 0 saturated carbocycles. The van der Waals surface area contributed by atoms with E-state index < -0.39 is 5.95 Å². The Labute approximate surface area is 201 Å². The van der Waals surface area contributed by atoms with Crippen LogP contribution in [0.4, 0.5) is 15.8 Å². The molecule has 2 heterocycles. The van der Waals surface area contributed by atoms with Gasteiger partial charge in [-0.1, -0.05) is 29.3 Å². The van der Waals surface area contributed by atoms with Crippen molar-refractivity contribution in [1.82, 2.24) is 19.7 Å². The summed E-state index contributed by atoms with van der Waals surface area (Å²) in [5, 5.41) is 9.59. The van der Waals surface area contributed by atoms with E-state index in [9.17, 15) is 14.0 Å². The van der Waals surface area contributed by atoms with Gasteiger partial charge in [0.25, 0.3) is 0 Å². The van der Waals surface area contributed by atoms with Gasteiger partial charge in [-0.15, -0.1) is 0 Å². The van der Waals surface area contributed by atoms with Crippen LogP contribution in [0.1, 0.15) is 12.0 Å². The van der Waals surface area contributed by atoms with Crippen LogP contribution in [-0.2, 0) is 16.1 Å². The highest BCUT2D eigenvalue weighted by atomic mass is 35.5. The van der Waals surface area contributed by atoms with Gasteiger partial charge in [-0.2, -0.15) is 9.49 Å². The number of rotatable bonds is 11. The Balaban J connectivity index is 1.38. The normalized spacial score (nSPS) is 10.6. The summed E-state index contributed by atoms with van der Waals surface area (Å²) in [7, 11) is 1.70. The number of carbonyl (C=O) groups excluding carboxylic acids is 2. The molecule has 0 radical (unpaired) electrons. The molecule has 3 rings (SSSR count). The van der Waals surface area contributed by atoms with Crippen molar-refractivity contribution in [3.05, 3.63) is 65.5 Å². The van der Waals surface area contributed by atoms with Gasteiger partial charge >= 0.3 is 0 Å². The quantitative estimate of drug-likeness (QED) is 0.401. The van der Waals surface area contributed by atoms with E-state index >= 15 is 0 Å². The first-order valence-electron chi connectivity index (χ1n) is 10.6. The number of likely N-dealkylation sites (N-methyl/N-ethyl adjacent to an activating group) is 1. The van der Waals surface area contributed by atoms with Crippen molar-refractivity contribution in [3.63, 3.8) is 0 Å². The average Bonchev–Trinajstić information content (AvgIpc) is 3.24. The third kappa shape index (κ3) is 7.45. The smallest absolute Gasteiger partial charge is 0.244 e. The van der Waals surface area contributed by atoms with E-state index in [1.807, 2.05) is 31.2 Å². The molecule has 0 aliphatic carbocycles. The van der Waals surface area contributed by atoms with Crippen molar-refractivity contribution >= 4 is 34.8 Å². The number of aryl methyl sites for hydroxylation is 1. The highest BCUT2D eigenvalue weighted by Gasteiger charge is 2.12. The number of benzene rings is 1. The lowest BCUT2D eigenvalue weighted by atomic mass is 10.2. The molecular weight excluding hydrogens is 463 g/mol. The Morgan fingerprint density at radius 2 is 2.00 bits per heavy atom.